The summed E-state index contributed by atoms with van der Waals surface area (Å²) in [5.74, 6) is 0.885. The van der Waals surface area contributed by atoms with Gasteiger partial charge in [0.25, 0.3) is 0 Å². The van der Waals surface area contributed by atoms with Gasteiger partial charge in [-0.05, 0) is 29.7 Å². The highest BCUT2D eigenvalue weighted by atomic mass is 16.7. The second-order valence-corrected chi connectivity index (χ2v) is 5.06. The zero-order valence-corrected chi connectivity index (χ0v) is 12.2. The van der Waals surface area contributed by atoms with E-state index in [0.29, 0.717) is 19.8 Å². The molecule has 1 saturated heterocycles. The Balaban J connectivity index is 1.69. The SMILES string of the molecule is CCc1ccc(OCc2ccccc2C2OCCO2)cc1. The molecule has 0 radical (unpaired) electrons. The molecule has 110 valence electrons. The molecule has 1 aliphatic heterocycles. The summed E-state index contributed by atoms with van der Waals surface area (Å²) in [6, 6.07) is 16.3. The highest BCUT2D eigenvalue weighted by Gasteiger charge is 2.20. The molecule has 3 heteroatoms. The summed E-state index contributed by atoms with van der Waals surface area (Å²) in [5.41, 5.74) is 3.47. The predicted octanol–water partition coefficient (Wildman–Crippen LogP) is 3.87. The maximum absolute atomic E-state index is 5.88. The van der Waals surface area contributed by atoms with Crippen molar-refractivity contribution in [3.05, 3.63) is 65.2 Å². The van der Waals surface area contributed by atoms with Gasteiger partial charge in [-0.15, -0.1) is 0 Å². The number of hydrogen-bond donors (Lipinski definition) is 0. The topological polar surface area (TPSA) is 27.7 Å². The van der Waals surface area contributed by atoms with Crippen molar-refractivity contribution in [3.63, 3.8) is 0 Å². The molecule has 21 heavy (non-hydrogen) atoms. The van der Waals surface area contributed by atoms with E-state index in [1.54, 1.807) is 0 Å². The number of hydrogen-bond acceptors (Lipinski definition) is 3. The molecule has 2 aromatic rings. The van der Waals surface area contributed by atoms with Crippen molar-refractivity contribution in [3.8, 4) is 5.75 Å². The first kappa shape index (κ1) is 14.1. The van der Waals surface area contributed by atoms with E-state index in [9.17, 15) is 0 Å². The first-order valence-electron chi connectivity index (χ1n) is 7.39. The second kappa shape index (κ2) is 6.74. The zero-order valence-electron chi connectivity index (χ0n) is 12.2. The van der Waals surface area contributed by atoms with Crippen LogP contribution in [0.3, 0.4) is 0 Å². The van der Waals surface area contributed by atoms with Gasteiger partial charge in [-0.25, -0.2) is 0 Å². The van der Waals surface area contributed by atoms with Gasteiger partial charge in [0.05, 0.1) is 13.2 Å². The Hall–Kier alpha value is -1.84. The first-order chi connectivity index (χ1) is 10.4. The monoisotopic (exact) mass is 284 g/mol. The average molecular weight is 284 g/mol. The van der Waals surface area contributed by atoms with Crippen LogP contribution in [0.15, 0.2) is 48.5 Å². The van der Waals surface area contributed by atoms with Crippen molar-refractivity contribution >= 4 is 0 Å². The Morgan fingerprint density at radius 3 is 2.43 bits per heavy atom. The fraction of sp³-hybridized carbons (Fsp3) is 0.333. The third-order valence-electron chi connectivity index (χ3n) is 3.66. The van der Waals surface area contributed by atoms with Gasteiger partial charge in [0.2, 0.25) is 0 Å². The number of rotatable bonds is 5. The van der Waals surface area contributed by atoms with Crippen LogP contribution in [0.4, 0.5) is 0 Å². The van der Waals surface area contributed by atoms with Crippen LogP contribution in [-0.2, 0) is 22.5 Å². The minimum atomic E-state index is -0.257. The van der Waals surface area contributed by atoms with Gasteiger partial charge in [-0.2, -0.15) is 0 Å². The van der Waals surface area contributed by atoms with Crippen LogP contribution >= 0.6 is 0 Å². The second-order valence-electron chi connectivity index (χ2n) is 5.06. The van der Waals surface area contributed by atoms with Crippen molar-refractivity contribution in [2.75, 3.05) is 13.2 Å². The van der Waals surface area contributed by atoms with Crippen molar-refractivity contribution in [2.24, 2.45) is 0 Å². The van der Waals surface area contributed by atoms with E-state index >= 15 is 0 Å². The molecule has 0 spiro atoms. The van der Waals surface area contributed by atoms with Crippen LogP contribution in [0.5, 0.6) is 5.75 Å². The van der Waals surface area contributed by atoms with Crippen LogP contribution in [0.2, 0.25) is 0 Å². The molecule has 2 aromatic carbocycles. The number of benzene rings is 2. The van der Waals surface area contributed by atoms with Crippen molar-refractivity contribution < 1.29 is 14.2 Å². The average Bonchev–Trinajstić information content (AvgIpc) is 3.08. The molecule has 0 amide bonds. The van der Waals surface area contributed by atoms with Crippen LogP contribution in [0.25, 0.3) is 0 Å². The van der Waals surface area contributed by atoms with Gasteiger partial charge in [0, 0.05) is 5.56 Å². The molecule has 3 nitrogen and oxygen atoms in total. The van der Waals surface area contributed by atoms with E-state index in [-0.39, 0.29) is 6.29 Å². The predicted molar refractivity (Wildman–Crippen MR) is 81.2 cm³/mol. The largest absolute Gasteiger partial charge is 0.489 e. The summed E-state index contributed by atoms with van der Waals surface area (Å²) < 4.78 is 17.0. The summed E-state index contributed by atoms with van der Waals surface area (Å²) >= 11 is 0. The number of aryl methyl sites for hydroxylation is 1. The van der Waals surface area contributed by atoms with Crippen molar-refractivity contribution in [1.29, 1.82) is 0 Å². The molecule has 0 atom stereocenters. The van der Waals surface area contributed by atoms with E-state index in [1.165, 1.54) is 5.56 Å². The van der Waals surface area contributed by atoms with E-state index < -0.39 is 0 Å². The molecule has 0 unspecified atom stereocenters. The molecule has 0 aromatic heterocycles. The minimum absolute atomic E-state index is 0.257. The highest BCUT2D eigenvalue weighted by Crippen LogP contribution is 2.27. The lowest BCUT2D eigenvalue weighted by atomic mass is 10.1. The van der Waals surface area contributed by atoms with Gasteiger partial charge in [0.1, 0.15) is 12.4 Å². The summed E-state index contributed by atoms with van der Waals surface area (Å²) in [7, 11) is 0. The van der Waals surface area contributed by atoms with Gasteiger partial charge in [-0.3, -0.25) is 0 Å². The normalized spacial score (nSPS) is 15.3. The lowest BCUT2D eigenvalue weighted by Crippen LogP contribution is -2.05. The molecule has 0 aliphatic carbocycles. The lowest BCUT2D eigenvalue weighted by Gasteiger charge is -2.15. The number of ether oxygens (including phenoxy) is 3. The first-order valence-corrected chi connectivity index (χ1v) is 7.39. The molecule has 0 N–H and O–H groups in total. The minimum Gasteiger partial charge on any atom is -0.489 e. The Morgan fingerprint density at radius 2 is 1.71 bits per heavy atom. The molecule has 1 aliphatic rings. The molecule has 0 bridgehead atoms. The summed E-state index contributed by atoms with van der Waals surface area (Å²) in [4.78, 5) is 0. The fourth-order valence-corrected chi connectivity index (χ4v) is 2.42. The Bertz CT molecular complexity index is 571. The van der Waals surface area contributed by atoms with Crippen LogP contribution < -0.4 is 4.74 Å². The van der Waals surface area contributed by atoms with E-state index in [0.717, 1.165) is 23.3 Å². The Kier molecular flexibility index (Phi) is 4.53. The third-order valence-corrected chi connectivity index (χ3v) is 3.66. The van der Waals surface area contributed by atoms with Crippen LogP contribution in [0.1, 0.15) is 29.9 Å². The van der Waals surface area contributed by atoms with Gasteiger partial charge in [-0.1, -0.05) is 43.3 Å². The van der Waals surface area contributed by atoms with Gasteiger partial charge < -0.3 is 14.2 Å². The highest BCUT2D eigenvalue weighted by molar-refractivity contribution is 5.30. The molecule has 3 rings (SSSR count). The molecular weight excluding hydrogens is 264 g/mol. The summed E-state index contributed by atoms with van der Waals surface area (Å²) in [5, 5.41) is 0. The zero-order chi connectivity index (χ0) is 14.5. The van der Waals surface area contributed by atoms with E-state index in [2.05, 4.69) is 25.1 Å². The maximum atomic E-state index is 5.88. The Labute approximate surface area is 125 Å². The van der Waals surface area contributed by atoms with Gasteiger partial charge >= 0.3 is 0 Å². The molecular formula is C18H20O3. The fourth-order valence-electron chi connectivity index (χ4n) is 2.42. The standard InChI is InChI=1S/C18H20O3/c1-2-14-7-9-16(10-8-14)21-13-15-5-3-4-6-17(15)18-19-11-12-20-18/h3-10,18H,2,11-13H2,1H3. The Morgan fingerprint density at radius 1 is 1.00 bits per heavy atom. The lowest BCUT2D eigenvalue weighted by molar-refractivity contribution is -0.0451. The molecule has 0 saturated carbocycles. The van der Waals surface area contributed by atoms with Crippen molar-refractivity contribution in [2.45, 2.75) is 26.2 Å². The van der Waals surface area contributed by atoms with E-state index in [1.807, 2.05) is 30.3 Å². The molecule has 1 heterocycles. The van der Waals surface area contributed by atoms with E-state index in [4.69, 9.17) is 14.2 Å². The summed E-state index contributed by atoms with van der Waals surface area (Å²) in [6.07, 6.45) is 0.784. The smallest absolute Gasteiger partial charge is 0.184 e. The maximum Gasteiger partial charge on any atom is 0.184 e. The molecule has 1 fully saturated rings. The van der Waals surface area contributed by atoms with Crippen molar-refractivity contribution in [1.82, 2.24) is 0 Å². The van der Waals surface area contributed by atoms with Gasteiger partial charge in [0.15, 0.2) is 6.29 Å². The van der Waals surface area contributed by atoms with Crippen LogP contribution in [-0.4, -0.2) is 13.2 Å². The summed E-state index contributed by atoms with van der Waals surface area (Å²) in [6.45, 7) is 3.97. The van der Waals surface area contributed by atoms with Crippen LogP contribution in [0, 0.1) is 0 Å². The third kappa shape index (κ3) is 3.43. The quantitative estimate of drug-likeness (QED) is 0.834.